The van der Waals surface area contributed by atoms with Gasteiger partial charge in [-0.25, -0.2) is 27.6 Å². The number of hydrogen-bond donors (Lipinski definition) is 3. The van der Waals surface area contributed by atoms with Gasteiger partial charge in [0.2, 0.25) is 27.7 Å². The number of amides is 4. The molecule has 3 heterocycles. The highest BCUT2D eigenvalue weighted by atomic mass is 32.2. The fraction of sp³-hybridized carbons (Fsp3) is 0.600. The summed E-state index contributed by atoms with van der Waals surface area (Å²) < 4.78 is 48.0. The zero-order valence-corrected chi connectivity index (χ0v) is 30.0. The van der Waals surface area contributed by atoms with Crippen LogP contribution in [0.3, 0.4) is 0 Å². The molecule has 276 valence electrons. The Hall–Kier alpha value is -4.34. The van der Waals surface area contributed by atoms with Gasteiger partial charge in [-0.15, -0.1) is 0 Å². The van der Waals surface area contributed by atoms with E-state index in [4.69, 9.17) is 4.74 Å². The second-order valence-electron chi connectivity index (χ2n) is 15.1. The number of rotatable bonds is 6. The van der Waals surface area contributed by atoms with Crippen molar-refractivity contribution in [3.8, 4) is 5.88 Å². The predicted octanol–water partition coefficient (Wildman–Crippen LogP) is 3.58. The molecule has 1 aromatic heterocycles. The Morgan fingerprint density at radius 1 is 1.12 bits per heavy atom. The van der Waals surface area contributed by atoms with Gasteiger partial charge in [-0.05, 0) is 78.4 Å². The van der Waals surface area contributed by atoms with Crippen LogP contribution in [0.15, 0.2) is 30.4 Å². The molecule has 2 aliphatic heterocycles. The van der Waals surface area contributed by atoms with E-state index in [1.807, 2.05) is 12.2 Å². The molecule has 1 aromatic carbocycles. The minimum Gasteiger partial charge on any atom is -0.471 e. The molecule has 0 unspecified atom stereocenters. The van der Waals surface area contributed by atoms with E-state index in [-0.39, 0.29) is 37.2 Å². The van der Waals surface area contributed by atoms with Gasteiger partial charge in [0, 0.05) is 23.9 Å². The van der Waals surface area contributed by atoms with E-state index in [1.165, 1.54) is 23.1 Å². The molecule has 0 radical (unpaired) electrons. The number of benzene rings is 1. The number of aromatic nitrogens is 2. The quantitative estimate of drug-likeness (QED) is 0.371. The fourth-order valence-electron chi connectivity index (χ4n) is 7.19. The first kappa shape index (κ1) is 36.5. The number of halogens is 1. The Labute approximate surface area is 296 Å². The number of allylic oxidation sites excluding steroid dienone is 1. The largest absolute Gasteiger partial charge is 0.471 e. The Kier molecular flexibility index (Phi) is 9.76. The maximum atomic E-state index is 14.6. The lowest BCUT2D eigenvalue weighted by atomic mass is 9.98. The van der Waals surface area contributed by atoms with Crippen molar-refractivity contribution in [2.24, 2.45) is 5.92 Å². The average Bonchev–Trinajstić information content (AvgIpc) is 3.96. The Balaban J connectivity index is 1.35. The van der Waals surface area contributed by atoms with Crippen LogP contribution in [0.4, 0.5) is 9.18 Å². The second kappa shape index (κ2) is 13.7. The molecule has 0 bridgehead atoms. The van der Waals surface area contributed by atoms with Crippen molar-refractivity contribution >= 4 is 44.9 Å². The lowest BCUT2D eigenvalue weighted by Gasteiger charge is -2.41. The van der Waals surface area contributed by atoms with Crippen molar-refractivity contribution in [3.63, 3.8) is 0 Å². The third-order valence-corrected chi connectivity index (χ3v) is 11.9. The predicted molar refractivity (Wildman–Crippen MR) is 183 cm³/mol. The van der Waals surface area contributed by atoms with Gasteiger partial charge in [-0.3, -0.25) is 24.0 Å². The first-order valence-corrected chi connectivity index (χ1v) is 19.0. The fourth-order valence-corrected chi connectivity index (χ4v) is 8.55. The van der Waals surface area contributed by atoms with Gasteiger partial charge >= 0.3 is 6.09 Å². The number of sulfonamides is 1. The van der Waals surface area contributed by atoms with E-state index in [0.29, 0.717) is 43.3 Å². The van der Waals surface area contributed by atoms with Crippen LogP contribution in [-0.4, -0.2) is 98.2 Å². The van der Waals surface area contributed by atoms with Crippen molar-refractivity contribution in [2.75, 3.05) is 6.54 Å². The molecule has 16 heteroatoms. The lowest BCUT2D eigenvalue weighted by molar-refractivity contribution is -0.144. The van der Waals surface area contributed by atoms with Crippen molar-refractivity contribution in [1.82, 2.24) is 29.8 Å². The molecule has 14 nitrogen and oxygen atoms in total. The number of ether oxygens (including phenoxy) is 1. The lowest BCUT2D eigenvalue weighted by Crippen LogP contribution is -2.60. The van der Waals surface area contributed by atoms with Gasteiger partial charge in [0.25, 0.3) is 5.91 Å². The number of nitrogens with zero attached hydrogens (tertiary/aromatic N) is 4. The van der Waals surface area contributed by atoms with Crippen LogP contribution in [0.5, 0.6) is 5.88 Å². The molecular formula is C35H45FN6O8S. The molecule has 0 spiro atoms. The van der Waals surface area contributed by atoms with Crippen LogP contribution in [0.2, 0.25) is 0 Å². The summed E-state index contributed by atoms with van der Waals surface area (Å²) in [4.78, 5) is 66.6. The second-order valence-corrected chi connectivity index (χ2v) is 17.0. The third kappa shape index (κ3) is 7.65. The standard InChI is InChI=1S/C35H45FN6O8S/c1-20-30(38-26-16-22(36)12-15-25(26)37-20)50-23-17-28-29(43)39-35(32(45)40-51(48,49)24-13-14-24)18-21(35)10-8-6-5-7-9-11-27(31(44)41(28)19-23)42(33(46)47)34(2,3)4/h8,10,12,15-16,21,23-24,27-28H,5-7,9,11,13-14,17-19H2,1-4H3,(H,39,43)(H,40,45)(H,46,47)/t21-,23-,27+,28+,35-/m1/s1. The smallest absolute Gasteiger partial charge is 0.408 e. The van der Waals surface area contributed by atoms with Crippen LogP contribution in [0.25, 0.3) is 11.0 Å². The summed E-state index contributed by atoms with van der Waals surface area (Å²) in [6, 6.07) is 1.65. The highest BCUT2D eigenvalue weighted by Gasteiger charge is 2.62. The third-order valence-electron chi connectivity index (χ3n) is 10.1. The van der Waals surface area contributed by atoms with Gasteiger partial charge in [0.1, 0.15) is 35.2 Å². The van der Waals surface area contributed by atoms with E-state index in [0.717, 1.165) is 11.3 Å². The van der Waals surface area contributed by atoms with Crippen LogP contribution < -0.4 is 14.8 Å². The number of carboxylic acid groups (broad SMARTS) is 1. The number of carbonyl (C=O) groups is 4. The van der Waals surface area contributed by atoms with Gasteiger partial charge in [0.15, 0.2) is 0 Å². The summed E-state index contributed by atoms with van der Waals surface area (Å²) in [5.74, 6) is -3.01. The molecule has 4 aliphatic rings. The van der Waals surface area contributed by atoms with Crippen molar-refractivity contribution < 1.29 is 41.8 Å². The number of aryl methyl sites for hydroxylation is 1. The maximum absolute atomic E-state index is 14.6. The molecule has 2 saturated carbocycles. The monoisotopic (exact) mass is 728 g/mol. The van der Waals surface area contributed by atoms with Crippen LogP contribution in [0, 0.1) is 18.7 Å². The summed E-state index contributed by atoms with van der Waals surface area (Å²) in [7, 11) is -3.92. The van der Waals surface area contributed by atoms with E-state index >= 15 is 0 Å². The zero-order chi connectivity index (χ0) is 36.9. The van der Waals surface area contributed by atoms with Crippen molar-refractivity contribution in [2.45, 2.75) is 120 Å². The molecular weight excluding hydrogens is 683 g/mol. The van der Waals surface area contributed by atoms with Crippen molar-refractivity contribution in [3.05, 3.63) is 41.9 Å². The van der Waals surface area contributed by atoms with E-state index < -0.39 is 80.1 Å². The molecule has 3 N–H and O–H groups in total. The van der Waals surface area contributed by atoms with Crippen LogP contribution in [0.1, 0.15) is 84.3 Å². The van der Waals surface area contributed by atoms with Crippen molar-refractivity contribution in [1.29, 1.82) is 0 Å². The molecule has 4 amide bonds. The highest BCUT2D eigenvalue weighted by Crippen LogP contribution is 2.46. The summed E-state index contributed by atoms with van der Waals surface area (Å²) in [6.45, 7) is 6.64. The first-order valence-electron chi connectivity index (χ1n) is 17.5. The highest BCUT2D eigenvalue weighted by molar-refractivity contribution is 7.91. The minimum absolute atomic E-state index is 0.0478. The normalized spacial score (nSPS) is 27.4. The SMILES string of the molecule is Cc1nc2ccc(F)cc2nc1O[C@@H]1C[C@H]2C(=O)N[C@]3(C(=O)NS(=O)(=O)C4CC4)C[C@H]3C=CCCCCC[C@H](N(C(=O)O)C(C)(C)C)C(=O)N2C1. The van der Waals surface area contributed by atoms with Crippen LogP contribution >= 0.6 is 0 Å². The summed E-state index contributed by atoms with van der Waals surface area (Å²) >= 11 is 0. The first-order chi connectivity index (χ1) is 24.0. The maximum Gasteiger partial charge on any atom is 0.408 e. The molecule has 51 heavy (non-hydrogen) atoms. The van der Waals surface area contributed by atoms with Gasteiger partial charge in [-0.2, -0.15) is 0 Å². The summed E-state index contributed by atoms with van der Waals surface area (Å²) in [5.41, 5.74) is -1.41. The zero-order valence-electron chi connectivity index (χ0n) is 29.2. The average molecular weight is 729 g/mol. The Bertz CT molecular complexity index is 1880. The topological polar surface area (TPSA) is 188 Å². The summed E-state index contributed by atoms with van der Waals surface area (Å²) in [6.07, 6.45) is 5.53. The number of fused-ring (bicyclic) bond motifs is 3. The number of nitrogens with one attached hydrogen (secondary N) is 2. The van der Waals surface area contributed by atoms with E-state index in [2.05, 4.69) is 20.0 Å². The molecule has 3 fully saturated rings. The number of carbonyl (C=O) groups excluding carboxylic acids is 3. The summed E-state index contributed by atoms with van der Waals surface area (Å²) in [5, 5.41) is 12.5. The van der Waals surface area contributed by atoms with E-state index in [1.54, 1.807) is 27.7 Å². The molecule has 6 rings (SSSR count). The molecule has 2 aromatic rings. The van der Waals surface area contributed by atoms with E-state index in [9.17, 15) is 37.1 Å². The van der Waals surface area contributed by atoms with Gasteiger partial charge in [0.05, 0.1) is 22.8 Å². The Morgan fingerprint density at radius 2 is 1.86 bits per heavy atom. The molecule has 1 saturated heterocycles. The van der Waals surface area contributed by atoms with Crippen LogP contribution in [-0.2, 0) is 24.4 Å². The van der Waals surface area contributed by atoms with Gasteiger partial charge in [-0.1, -0.05) is 25.0 Å². The van der Waals surface area contributed by atoms with Gasteiger partial charge < -0.3 is 20.1 Å². The Morgan fingerprint density at radius 3 is 2.55 bits per heavy atom. The number of hydrogen-bond acceptors (Lipinski definition) is 9. The minimum atomic E-state index is -3.92. The molecule has 2 aliphatic carbocycles. The molecule has 5 atom stereocenters.